The number of rotatable bonds is 20. The summed E-state index contributed by atoms with van der Waals surface area (Å²) in [6.45, 7) is 0.828. The zero-order valence-corrected chi connectivity index (χ0v) is 47.4. The Hall–Kier alpha value is -3.62. The van der Waals surface area contributed by atoms with Crippen LogP contribution in [0.5, 0.6) is 0 Å². The Kier molecular flexibility index (Phi) is 17.8. The van der Waals surface area contributed by atoms with Crippen molar-refractivity contribution in [3.8, 4) is 22.3 Å². The highest BCUT2D eigenvalue weighted by molar-refractivity contribution is 14.1. The van der Waals surface area contributed by atoms with E-state index in [0.29, 0.717) is 25.7 Å². The molecule has 3 fully saturated rings. The first-order valence-corrected chi connectivity index (χ1v) is 27.9. The number of methoxy groups -OCH3 is 4. The lowest BCUT2D eigenvalue weighted by molar-refractivity contribution is -0.203. The van der Waals surface area contributed by atoms with Crippen molar-refractivity contribution in [3.05, 3.63) is 186 Å². The van der Waals surface area contributed by atoms with Gasteiger partial charge in [0.25, 0.3) is 0 Å². The SMILES string of the molecule is COCOC1(c2ccc(I)cc2)CCC(OCOC)(c2ccc(-c3ccc(C4(O)CCC(O)(c5ccc(-c6ccc(C7(OCOC)CCC(OCOC)(c8ccc(I)cc8)CC7)cc6)cc5)CC4)cc3)cc2)CC1. The lowest BCUT2D eigenvalue weighted by Crippen LogP contribution is -2.43. The highest BCUT2D eigenvalue weighted by atomic mass is 127. The Morgan fingerprint density at radius 3 is 0.689 bits per heavy atom. The summed E-state index contributed by atoms with van der Waals surface area (Å²) in [6, 6.07) is 51.0. The van der Waals surface area contributed by atoms with E-state index in [0.717, 1.165) is 107 Å². The molecule has 10 nitrogen and oxygen atoms in total. The zero-order chi connectivity index (χ0) is 51.9. The van der Waals surface area contributed by atoms with Gasteiger partial charge in [-0.3, -0.25) is 0 Å². The normalized spacial score (nSPS) is 27.2. The molecule has 3 aliphatic carbocycles. The third kappa shape index (κ3) is 11.8. The molecule has 0 amide bonds. The molecule has 0 unspecified atom stereocenters. The third-order valence-electron chi connectivity index (χ3n) is 16.5. The molecule has 0 spiro atoms. The number of aliphatic hydroxyl groups is 2. The topological polar surface area (TPSA) is 114 Å². The maximum Gasteiger partial charge on any atom is 0.147 e. The van der Waals surface area contributed by atoms with Crippen molar-refractivity contribution >= 4 is 45.2 Å². The molecule has 0 aromatic heterocycles. The standard InChI is InChI=1S/C62H70I2O10/c1-67-41-71-59(33-37-61(38-34-59,73-43-69-3)53-21-25-55(63)26-22-53)51-17-9-47(10-18-51)45-5-13-49(14-6-45)57(65)29-31-58(66,32-30-57)50-15-7-46(8-16-50)48-11-19-52(20-12-48)60(72-42-68-2)35-39-62(40-36-60,74-44-70-4)54-23-27-56(64)28-24-54/h5-28,65-66H,29-44H2,1-4H3. The van der Waals surface area contributed by atoms with Crippen LogP contribution in [0.4, 0.5) is 0 Å². The van der Waals surface area contributed by atoms with E-state index in [2.05, 4.69) is 167 Å². The first-order chi connectivity index (χ1) is 35.8. The molecule has 3 aliphatic rings. The third-order valence-corrected chi connectivity index (χ3v) is 18.0. The Morgan fingerprint density at radius 2 is 0.486 bits per heavy atom. The summed E-state index contributed by atoms with van der Waals surface area (Å²) >= 11 is 4.67. The van der Waals surface area contributed by atoms with E-state index < -0.39 is 33.6 Å². The van der Waals surface area contributed by atoms with E-state index in [1.165, 1.54) is 7.14 Å². The fourth-order valence-electron chi connectivity index (χ4n) is 11.9. The maximum atomic E-state index is 12.1. The van der Waals surface area contributed by atoms with Gasteiger partial charge in [-0.2, -0.15) is 0 Å². The Balaban J connectivity index is 0.827. The second kappa shape index (κ2) is 24.0. The second-order valence-corrected chi connectivity index (χ2v) is 23.1. The zero-order valence-electron chi connectivity index (χ0n) is 43.1. The first-order valence-electron chi connectivity index (χ1n) is 25.8. The largest absolute Gasteiger partial charge is 0.385 e. The van der Waals surface area contributed by atoms with Crippen LogP contribution >= 0.6 is 45.2 Å². The minimum atomic E-state index is -1.04. The maximum absolute atomic E-state index is 12.1. The molecule has 392 valence electrons. The van der Waals surface area contributed by atoms with Gasteiger partial charge in [-0.1, -0.05) is 121 Å². The summed E-state index contributed by atoms with van der Waals surface area (Å²) < 4.78 is 50.1. The Bertz CT molecular complexity index is 2510. The second-order valence-electron chi connectivity index (χ2n) is 20.6. The lowest BCUT2D eigenvalue weighted by atomic mass is 9.70. The number of benzene rings is 6. The monoisotopic (exact) mass is 1230 g/mol. The fraction of sp³-hybridized carbons (Fsp3) is 0.419. The Morgan fingerprint density at radius 1 is 0.297 bits per heavy atom. The van der Waals surface area contributed by atoms with Gasteiger partial charge in [-0.05, 0) is 202 Å². The molecular weight excluding hydrogens is 1160 g/mol. The van der Waals surface area contributed by atoms with Crippen LogP contribution in [0.15, 0.2) is 146 Å². The van der Waals surface area contributed by atoms with Crippen molar-refractivity contribution in [2.75, 3.05) is 55.6 Å². The van der Waals surface area contributed by atoms with Crippen LogP contribution in [0.3, 0.4) is 0 Å². The van der Waals surface area contributed by atoms with E-state index >= 15 is 0 Å². The highest BCUT2D eigenvalue weighted by Crippen LogP contribution is 2.52. The molecule has 2 N–H and O–H groups in total. The van der Waals surface area contributed by atoms with E-state index in [9.17, 15) is 10.2 Å². The molecule has 0 radical (unpaired) electrons. The Labute approximate surface area is 464 Å². The number of ether oxygens (including phenoxy) is 8. The van der Waals surface area contributed by atoms with E-state index in [1.807, 2.05) is 24.3 Å². The van der Waals surface area contributed by atoms with Crippen molar-refractivity contribution in [3.63, 3.8) is 0 Å². The van der Waals surface area contributed by atoms with Crippen molar-refractivity contribution < 1.29 is 48.1 Å². The molecular formula is C62H70I2O10. The van der Waals surface area contributed by atoms with E-state index in [1.54, 1.807) is 28.4 Å². The summed E-state index contributed by atoms with van der Waals surface area (Å²) in [4.78, 5) is 0. The minimum Gasteiger partial charge on any atom is -0.385 e. The van der Waals surface area contributed by atoms with Gasteiger partial charge in [0, 0.05) is 35.6 Å². The summed E-state index contributed by atoms with van der Waals surface area (Å²) in [7, 11) is 6.65. The van der Waals surface area contributed by atoms with Gasteiger partial charge in [0.1, 0.15) is 27.2 Å². The van der Waals surface area contributed by atoms with Crippen molar-refractivity contribution in [1.29, 1.82) is 0 Å². The predicted octanol–water partition coefficient (Wildman–Crippen LogP) is 13.7. The molecule has 3 saturated carbocycles. The van der Waals surface area contributed by atoms with E-state index in [-0.39, 0.29) is 27.2 Å². The van der Waals surface area contributed by atoms with Crippen LogP contribution in [-0.2, 0) is 71.5 Å². The minimum absolute atomic E-state index is 0.194. The number of halogens is 2. The number of hydrogen-bond donors (Lipinski definition) is 2. The molecule has 74 heavy (non-hydrogen) atoms. The van der Waals surface area contributed by atoms with Gasteiger partial charge in [-0.15, -0.1) is 0 Å². The summed E-state index contributed by atoms with van der Waals surface area (Å²) in [5.74, 6) is 0. The van der Waals surface area contributed by atoms with Crippen molar-refractivity contribution in [2.24, 2.45) is 0 Å². The molecule has 12 heteroatoms. The van der Waals surface area contributed by atoms with Gasteiger partial charge >= 0.3 is 0 Å². The summed E-state index contributed by atoms with van der Waals surface area (Å²) in [5, 5.41) is 24.1. The predicted molar refractivity (Wildman–Crippen MR) is 304 cm³/mol. The number of hydrogen-bond acceptors (Lipinski definition) is 10. The lowest BCUT2D eigenvalue weighted by Gasteiger charge is -2.46. The van der Waals surface area contributed by atoms with Gasteiger partial charge in [0.15, 0.2) is 0 Å². The molecule has 0 heterocycles. The highest BCUT2D eigenvalue weighted by Gasteiger charge is 2.48. The molecule has 0 aliphatic heterocycles. The quantitative estimate of drug-likeness (QED) is 0.0566. The van der Waals surface area contributed by atoms with Crippen LogP contribution in [0.2, 0.25) is 0 Å². The molecule has 6 aromatic rings. The van der Waals surface area contributed by atoms with Crippen LogP contribution < -0.4 is 0 Å². The van der Waals surface area contributed by atoms with Crippen LogP contribution in [0, 0.1) is 7.14 Å². The average molecular weight is 1230 g/mol. The van der Waals surface area contributed by atoms with Gasteiger partial charge in [-0.25, -0.2) is 0 Å². The summed E-state index contributed by atoms with van der Waals surface area (Å²) in [5.41, 5.74) is 6.50. The van der Waals surface area contributed by atoms with Gasteiger partial charge < -0.3 is 48.1 Å². The van der Waals surface area contributed by atoms with E-state index in [4.69, 9.17) is 37.9 Å². The van der Waals surface area contributed by atoms with Gasteiger partial charge in [0.05, 0.1) is 33.6 Å². The molecule has 0 atom stereocenters. The van der Waals surface area contributed by atoms with Crippen LogP contribution in [-0.4, -0.2) is 65.8 Å². The average Bonchev–Trinajstić information content (AvgIpc) is 3.45. The molecule has 6 aromatic carbocycles. The smallest absolute Gasteiger partial charge is 0.147 e. The first kappa shape index (κ1) is 55.1. The molecule has 0 bridgehead atoms. The van der Waals surface area contributed by atoms with Crippen molar-refractivity contribution in [1.82, 2.24) is 0 Å². The van der Waals surface area contributed by atoms with Crippen molar-refractivity contribution in [2.45, 2.75) is 111 Å². The van der Waals surface area contributed by atoms with Gasteiger partial charge in [0.2, 0.25) is 0 Å². The molecule has 0 saturated heterocycles. The summed E-state index contributed by atoms with van der Waals surface area (Å²) in [6.07, 6.45) is 7.89. The fourth-order valence-corrected chi connectivity index (χ4v) is 12.6. The molecule has 9 rings (SSSR count). The van der Waals surface area contributed by atoms with Crippen LogP contribution in [0.1, 0.15) is 110 Å². The van der Waals surface area contributed by atoms with Crippen LogP contribution in [0.25, 0.3) is 22.3 Å².